The lowest BCUT2D eigenvalue weighted by Crippen LogP contribution is -2.38. The van der Waals surface area contributed by atoms with Gasteiger partial charge >= 0.3 is 0 Å². The maximum absolute atomic E-state index is 12.8. The van der Waals surface area contributed by atoms with Crippen molar-refractivity contribution in [2.24, 2.45) is 0 Å². The van der Waals surface area contributed by atoms with Crippen LogP contribution in [-0.2, 0) is 24.3 Å². The lowest BCUT2D eigenvalue weighted by Gasteiger charge is -2.30. The molecular formula is C20H24N2O5. The number of rotatable bonds is 5. The Morgan fingerprint density at radius 2 is 1.63 bits per heavy atom. The fourth-order valence-corrected chi connectivity index (χ4v) is 3.32. The predicted molar refractivity (Wildman–Crippen MR) is 101 cm³/mol. The highest BCUT2D eigenvalue weighted by Crippen LogP contribution is 2.33. The summed E-state index contributed by atoms with van der Waals surface area (Å²) in [7, 11) is 4.66. The molecule has 0 saturated carbocycles. The van der Waals surface area contributed by atoms with Crippen molar-refractivity contribution in [3.8, 4) is 17.2 Å². The van der Waals surface area contributed by atoms with E-state index in [-0.39, 0.29) is 23.6 Å². The molecular weight excluding hydrogens is 348 g/mol. The zero-order chi connectivity index (χ0) is 19.6. The monoisotopic (exact) mass is 372 g/mol. The van der Waals surface area contributed by atoms with E-state index in [1.165, 1.54) is 13.2 Å². The van der Waals surface area contributed by atoms with Crippen LogP contribution in [0.15, 0.2) is 29.2 Å². The van der Waals surface area contributed by atoms with Gasteiger partial charge in [0.1, 0.15) is 6.54 Å². The van der Waals surface area contributed by atoms with Crippen LogP contribution >= 0.6 is 0 Å². The van der Waals surface area contributed by atoms with Gasteiger partial charge in [-0.3, -0.25) is 9.59 Å². The van der Waals surface area contributed by atoms with Crippen LogP contribution in [0.1, 0.15) is 16.8 Å². The molecule has 1 aliphatic heterocycles. The van der Waals surface area contributed by atoms with Crippen molar-refractivity contribution in [1.82, 2.24) is 9.47 Å². The molecule has 1 aromatic heterocycles. The maximum atomic E-state index is 12.8. The van der Waals surface area contributed by atoms with Gasteiger partial charge in [-0.2, -0.15) is 0 Å². The van der Waals surface area contributed by atoms with E-state index in [2.05, 4.69) is 0 Å². The van der Waals surface area contributed by atoms with E-state index >= 15 is 0 Å². The molecule has 1 aromatic carbocycles. The van der Waals surface area contributed by atoms with Crippen LogP contribution < -0.4 is 19.6 Å². The van der Waals surface area contributed by atoms with Crippen LogP contribution in [0.4, 0.5) is 0 Å². The van der Waals surface area contributed by atoms with Crippen molar-refractivity contribution in [3.05, 3.63) is 51.4 Å². The van der Waals surface area contributed by atoms with Gasteiger partial charge in [0.15, 0.2) is 17.2 Å². The largest absolute Gasteiger partial charge is 0.493 e. The summed E-state index contributed by atoms with van der Waals surface area (Å²) in [6.45, 7) is 3.12. The Hall–Kier alpha value is -2.96. The summed E-state index contributed by atoms with van der Waals surface area (Å²) in [5.74, 6) is 1.58. The van der Waals surface area contributed by atoms with Gasteiger partial charge < -0.3 is 23.7 Å². The van der Waals surface area contributed by atoms with Crippen LogP contribution in [0.3, 0.4) is 0 Å². The zero-order valence-corrected chi connectivity index (χ0v) is 16.1. The van der Waals surface area contributed by atoms with Crippen molar-refractivity contribution in [2.45, 2.75) is 26.4 Å². The standard InChI is InChI=1S/C20H24N2O5/c1-13-7-16(23)19(27-4)11-22(13)12-20(24)21-6-5-14-8-17(25-2)18(26-3)9-15(14)10-21/h7-9,11H,5-6,10,12H2,1-4H3. The van der Waals surface area contributed by atoms with E-state index in [0.717, 1.165) is 23.2 Å². The van der Waals surface area contributed by atoms with Crippen LogP contribution in [0, 0.1) is 6.92 Å². The molecule has 0 atom stereocenters. The van der Waals surface area contributed by atoms with Gasteiger partial charge in [-0.1, -0.05) is 0 Å². The highest BCUT2D eigenvalue weighted by atomic mass is 16.5. The number of carbonyl (C=O) groups excluding carboxylic acids is 1. The van der Waals surface area contributed by atoms with Gasteiger partial charge in [-0.05, 0) is 36.6 Å². The number of aromatic nitrogens is 1. The summed E-state index contributed by atoms with van der Waals surface area (Å²) in [6.07, 6.45) is 2.34. The second-order valence-electron chi connectivity index (χ2n) is 6.52. The van der Waals surface area contributed by atoms with Crippen molar-refractivity contribution in [1.29, 1.82) is 0 Å². The minimum absolute atomic E-state index is 0.00997. The van der Waals surface area contributed by atoms with Gasteiger partial charge in [-0.15, -0.1) is 0 Å². The Morgan fingerprint density at radius 3 is 2.26 bits per heavy atom. The Labute approximate surface area is 158 Å². The number of carbonyl (C=O) groups is 1. The average Bonchev–Trinajstić information content (AvgIpc) is 2.68. The number of hydrogen-bond donors (Lipinski definition) is 0. The summed E-state index contributed by atoms with van der Waals surface area (Å²) in [4.78, 5) is 26.4. The number of amides is 1. The first-order chi connectivity index (χ1) is 13.0. The second-order valence-corrected chi connectivity index (χ2v) is 6.52. The molecule has 7 nitrogen and oxygen atoms in total. The molecule has 0 unspecified atom stereocenters. The van der Waals surface area contributed by atoms with E-state index in [1.807, 2.05) is 17.0 Å². The van der Waals surface area contributed by atoms with Crippen molar-refractivity contribution in [3.63, 3.8) is 0 Å². The molecule has 27 heavy (non-hydrogen) atoms. The maximum Gasteiger partial charge on any atom is 0.242 e. The highest BCUT2D eigenvalue weighted by molar-refractivity contribution is 5.76. The first-order valence-corrected chi connectivity index (χ1v) is 8.73. The number of hydrogen-bond acceptors (Lipinski definition) is 5. The van der Waals surface area contributed by atoms with Gasteiger partial charge in [0.25, 0.3) is 0 Å². The van der Waals surface area contributed by atoms with Crippen LogP contribution in [0.2, 0.25) is 0 Å². The van der Waals surface area contributed by atoms with Gasteiger partial charge in [-0.25, -0.2) is 0 Å². The molecule has 0 spiro atoms. The molecule has 3 rings (SSSR count). The van der Waals surface area contributed by atoms with Crippen molar-refractivity contribution in [2.75, 3.05) is 27.9 Å². The fourth-order valence-electron chi connectivity index (χ4n) is 3.32. The van der Waals surface area contributed by atoms with Crippen LogP contribution in [-0.4, -0.2) is 43.2 Å². The first kappa shape index (κ1) is 18.8. The average molecular weight is 372 g/mol. The Morgan fingerprint density at radius 1 is 1.00 bits per heavy atom. The molecule has 0 aliphatic carbocycles. The molecule has 1 aliphatic rings. The number of benzene rings is 1. The number of ether oxygens (including phenoxy) is 3. The smallest absolute Gasteiger partial charge is 0.242 e. The number of fused-ring (bicyclic) bond motifs is 1. The third-order valence-electron chi connectivity index (χ3n) is 4.91. The summed E-state index contributed by atoms with van der Waals surface area (Å²) < 4.78 is 17.5. The summed E-state index contributed by atoms with van der Waals surface area (Å²) in [5.41, 5.74) is 2.75. The number of nitrogens with zero attached hydrogens (tertiary/aromatic N) is 2. The quantitative estimate of drug-likeness (QED) is 0.800. The van der Waals surface area contributed by atoms with Gasteiger partial charge in [0.2, 0.25) is 11.3 Å². The van der Waals surface area contributed by atoms with Crippen LogP contribution in [0.25, 0.3) is 0 Å². The third-order valence-corrected chi connectivity index (χ3v) is 4.91. The van der Waals surface area contributed by atoms with E-state index in [1.54, 1.807) is 31.9 Å². The molecule has 7 heteroatoms. The van der Waals surface area contributed by atoms with Gasteiger partial charge in [0, 0.05) is 24.8 Å². The number of pyridine rings is 1. The molecule has 0 N–H and O–H groups in total. The minimum Gasteiger partial charge on any atom is -0.493 e. The SMILES string of the molecule is COc1cc2c(cc1OC)CN(C(=O)Cn1cc(OC)c(=O)cc1C)CC2. The van der Waals surface area contributed by atoms with E-state index in [4.69, 9.17) is 14.2 Å². The Balaban J connectivity index is 1.79. The number of aryl methyl sites for hydroxylation is 1. The summed E-state index contributed by atoms with van der Waals surface area (Å²) in [6, 6.07) is 5.39. The fraction of sp³-hybridized carbons (Fsp3) is 0.400. The lowest BCUT2D eigenvalue weighted by atomic mass is 9.98. The first-order valence-electron chi connectivity index (χ1n) is 8.73. The molecule has 1 amide bonds. The van der Waals surface area contributed by atoms with E-state index in [0.29, 0.717) is 24.6 Å². The normalized spacial score (nSPS) is 13.1. The molecule has 144 valence electrons. The molecule has 2 heterocycles. The molecule has 0 saturated heterocycles. The summed E-state index contributed by atoms with van der Waals surface area (Å²) >= 11 is 0. The predicted octanol–water partition coefficient (Wildman–Crippen LogP) is 1.77. The molecule has 0 radical (unpaired) electrons. The zero-order valence-electron chi connectivity index (χ0n) is 16.1. The number of methoxy groups -OCH3 is 3. The Kier molecular flexibility index (Phi) is 5.39. The Bertz CT molecular complexity index is 919. The topological polar surface area (TPSA) is 70.0 Å². The minimum atomic E-state index is -0.188. The molecule has 0 fully saturated rings. The van der Waals surface area contributed by atoms with Crippen molar-refractivity contribution < 1.29 is 19.0 Å². The van der Waals surface area contributed by atoms with E-state index in [9.17, 15) is 9.59 Å². The van der Waals surface area contributed by atoms with E-state index < -0.39 is 0 Å². The van der Waals surface area contributed by atoms with Crippen molar-refractivity contribution >= 4 is 5.91 Å². The lowest BCUT2D eigenvalue weighted by molar-refractivity contribution is -0.132. The van der Waals surface area contributed by atoms with Crippen LogP contribution in [0.5, 0.6) is 17.2 Å². The highest BCUT2D eigenvalue weighted by Gasteiger charge is 2.23. The second kappa shape index (κ2) is 7.73. The molecule has 0 bridgehead atoms. The third kappa shape index (κ3) is 3.77. The summed E-state index contributed by atoms with van der Waals surface area (Å²) in [5, 5.41) is 0. The van der Waals surface area contributed by atoms with Gasteiger partial charge in [0.05, 0.1) is 27.5 Å². The molecule has 2 aromatic rings.